The Bertz CT molecular complexity index is 687. The molecule has 1 aliphatic heterocycles. The Labute approximate surface area is 133 Å². The monoisotopic (exact) mass is 316 g/mol. The number of hydrogen-bond donors (Lipinski definition) is 1. The zero-order chi connectivity index (χ0) is 16.1. The zero-order valence-corrected chi connectivity index (χ0v) is 12.5. The van der Waals surface area contributed by atoms with Crippen LogP contribution in [0.15, 0.2) is 48.5 Å². The number of carbonyl (C=O) groups excluding carboxylic acids is 1. The maximum atomic E-state index is 13.6. The van der Waals surface area contributed by atoms with Crippen LogP contribution < -0.4 is 15.0 Å². The van der Waals surface area contributed by atoms with Crippen LogP contribution in [0.3, 0.4) is 0 Å². The fourth-order valence-electron chi connectivity index (χ4n) is 2.41. The predicted molar refractivity (Wildman–Crippen MR) is 85.5 cm³/mol. The number of morpholine rings is 1. The number of rotatable bonds is 3. The second-order valence-electron chi connectivity index (χ2n) is 5.06. The van der Waals surface area contributed by atoms with Gasteiger partial charge in [0.2, 0.25) is 0 Å². The summed E-state index contributed by atoms with van der Waals surface area (Å²) in [7, 11) is 0. The summed E-state index contributed by atoms with van der Waals surface area (Å²) in [5.41, 5.74) is 0.904. The second kappa shape index (κ2) is 7.11. The van der Waals surface area contributed by atoms with Crippen molar-refractivity contribution in [3.63, 3.8) is 0 Å². The number of nitrogens with zero attached hydrogens (tertiary/aromatic N) is 1. The average molecular weight is 316 g/mol. The van der Waals surface area contributed by atoms with Crippen LogP contribution >= 0.6 is 0 Å². The molecular weight excluding hydrogens is 299 g/mol. The van der Waals surface area contributed by atoms with Crippen molar-refractivity contribution in [2.75, 3.05) is 36.5 Å². The molecule has 0 atom stereocenters. The maximum absolute atomic E-state index is 13.6. The summed E-state index contributed by atoms with van der Waals surface area (Å²) >= 11 is 0. The Morgan fingerprint density at radius 3 is 2.57 bits per heavy atom. The van der Waals surface area contributed by atoms with E-state index in [1.54, 1.807) is 24.3 Å². The van der Waals surface area contributed by atoms with Crippen molar-refractivity contribution < 1.29 is 18.7 Å². The summed E-state index contributed by atoms with van der Waals surface area (Å²) in [6.45, 7) is 2.73. The van der Waals surface area contributed by atoms with Gasteiger partial charge >= 0.3 is 6.09 Å². The minimum absolute atomic E-state index is 0.0846. The molecule has 0 radical (unpaired) electrons. The number of nitrogens with one attached hydrogen (secondary N) is 1. The number of benzene rings is 2. The molecule has 1 fully saturated rings. The molecule has 5 nitrogen and oxygen atoms in total. The van der Waals surface area contributed by atoms with Gasteiger partial charge in [0.1, 0.15) is 5.82 Å². The van der Waals surface area contributed by atoms with Crippen LogP contribution in [0.2, 0.25) is 0 Å². The first-order chi connectivity index (χ1) is 11.2. The summed E-state index contributed by atoms with van der Waals surface area (Å²) in [5.74, 6) is -0.0749. The number of carbonyl (C=O) groups is 1. The smallest absolute Gasteiger partial charge is 0.408 e. The van der Waals surface area contributed by atoms with Crippen LogP contribution in [0, 0.1) is 5.82 Å². The highest BCUT2D eigenvalue weighted by atomic mass is 19.1. The van der Waals surface area contributed by atoms with Gasteiger partial charge in [-0.15, -0.1) is 0 Å². The highest BCUT2D eigenvalue weighted by molar-refractivity contribution is 5.87. The third kappa shape index (κ3) is 3.78. The Morgan fingerprint density at radius 2 is 1.78 bits per heavy atom. The van der Waals surface area contributed by atoms with Crippen LogP contribution in [-0.4, -0.2) is 32.4 Å². The van der Waals surface area contributed by atoms with Crippen LogP contribution in [0.1, 0.15) is 0 Å². The van der Waals surface area contributed by atoms with Gasteiger partial charge in [-0.05, 0) is 24.3 Å². The molecule has 1 amide bonds. The number of para-hydroxylation sites is 3. The second-order valence-corrected chi connectivity index (χ2v) is 5.06. The fraction of sp³-hybridized carbons (Fsp3) is 0.235. The number of ether oxygens (including phenoxy) is 2. The molecule has 1 saturated heterocycles. The van der Waals surface area contributed by atoms with Gasteiger partial charge < -0.3 is 14.4 Å². The van der Waals surface area contributed by atoms with Gasteiger partial charge in [-0.25, -0.2) is 9.18 Å². The molecular formula is C17H17FN2O3. The van der Waals surface area contributed by atoms with E-state index in [0.29, 0.717) is 19.0 Å². The molecule has 2 aromatic rings. The number of halogens is 1. The van der Waals surface area contributed by atoms with E-state index in [1.165, 1.54) is 12.1 Å². The van der Waals surface area contributed by atoms with Gasteiger partial charge in [0.05, 0.1) is 24.6 Å². The van der Waals surface area contributed by atoms with Gasteiger partial charge in [-0.1, -0.05) is 24.3 Å². The van der Waals surface area contributed by atoms with E-state index in [-0.39, 0.29) is 5.69 Å². The lowest BCUT2D eigenvalue weighted by molar-refractivity contribution is 0.122. The quantitative estimate of drug-likeness (QED) is 0.944. The van der Waals surface area contributed by atoms with E-state index < -0.39 is 11.9 Å². The lowest BCUT2D eigenvalue weighted by Crippen LogP contribution is -2.36. The van der Waals surface area contributed by atoms with Gasteiger partial charge in [0.25, 0.3) is 0 Å². The Kier molecular flexibility index (Phi) is 4.73. The van der Waals surface area contributed by atoms with Crippen LogP contribution in [0.4, 0.5) is 20.6 Å². The van der Waals surface area contributed by atoms with E-state index in [0.717, 1.165) is 18.8 Å². The fourth-order valence-corrected chi connectivity index (χ4v) is 2.41. The van der Waals surface area contributed by atoms with Crippen molar-refractivity contribution in [1.82, 2.24) is 0 Å². The zero-order valence-electron chi connectivity index (χ0n) is 12.5. The molecule has 6 heteroatoms. The lowest BCUT2D eigenvalue weighted by Gasteiger charge is -2.29. The van der Waals surface area contributed by atoms with E-state index >= 15 is 0 Å². The molecule has 1 aliphatic rings. The third-order valence-electron chi connectivity index (χ3n) is 3.53. The largest absolute Gasteiger partial charge is 0.417 e. The predicted octanol–water partition coefficient (Wildman–Crippen LogP) is 3.27. The normalized spacial score (nSPS) is 14.4. The summed E-state index contributed by atoms with van der Waals surface area (Å²) in [6.07, 6.45) is -0.726. The topological polar surface area (TPSA) is 50.8 Å². The molecule has 1 heterocycles. The first-order valence-corrected chi connectivity index (χ1v) is 7.39. The minimum atomic E-state index is -0.726. The van der Waals surface area contributed by atoms with Gasteiger partial charge in [0.15, 0.2) is 5.75 Å². The molecule has 0 aromatic heterocycles. The van der Waals surface area contributed by atoms with E-state index in [4.69, 9.17) is 9.47 Å². The molecule has 2 aromatic carbocycles. The van der Waals surface area contributed by atoms with Crippen LogP contribution in [0.5, 0.6) is 5.75 Å². The summed E-state index contributed by atoms with van der Waals surface area (Å²) in [4.78, 5) is 14.1. The van der Waals surface area contributed by atoms with Crippen LogP contribution in [0.25, 0.3) is 0 Å². The first kappa shape index (κ1) is 15.3. The first-order valence-electron chi connectivity index (χ1n) is 7.39. The van der Waals surface area contributed by atoms with Crippen molar-refractivity contribution in [3.05, 3.63) is 54.3 Å². The standard InChI is InChI=1S/C17H17FN2O3/c18-13-5-1-2-6-14(13)19-17(21)23-16-8-4-3-7-15(16)20-9-11-22-12-10-20/h1-8H,9-12H2,(H,19,21). The molecule has 0 saturated carbocycles. The Morgan fingerprint density at radius 1 is 1.09 bits per heavy atom. The molecule has 0 bridgehead atoms. The van der Waals surface area contributed by atoms with Crippen LogP contribution in [-0.2, 0) is 4.74 Å². The third-order valence-corrected chi connectivity index (χ3v) is 3.53. The van der Waals surface area contributed by atoms with E-state index in [1.807, 2.05) is 12.1 Å². The molecule has 0 aliphatic carbocycles. The van der Waals surface area contributed by atoms with Gasteiger partial charge in [-0.3, -0.25) is 5.32 Å². The number of amides is 1. The average Bonchev–Trinajstić information content (AvgIpc) is 2.58. The summed E-state index contributed by atoms with van der Waals surface area (Å²) in [5, 5.41) is 2.41. The lowest BCUT2D eigenvalue weighted by atomic mass is 10.2. The van der Waals surface area contributed by atoms with Crippen molar-refractivity contribution >= 4 is 17.5 Å². The number of hydrogen-bond acceptors (Lipinski definition) is 4. The number of anilines is 2. The van der Waals surface area contributed by atoms with Crippen molar-refractivity contribution in [2.24, 2.45) is 0 Å². The van der Waals surface area contributed by atoms with E-state index in [9.17, 15) is 9.18 Å². The molecule has 0 unspecified atom stereocenters. The molecule has 3 rings (SSSR count). The molecule has 1 N–H and O–H groups in total. The van der Waals surface area contributed by atoms with Crippen molar-refractivity contribution in [2.45, 2.75) is 0 Å². The summed E-state index contributed by atoms with van der Waals surface area (Å²) in [6, 6.07) is 13.2. The Balaban J connectivity index is 1.72. The minimum Gasteiger partial charge on any atom is -0.408 e. The van der Waals surface area contributed by atoms with Gasteiger partial charge in [0, 0.05) is 13.1 Å². The van der Waals surface area contributed by atoms with Gasteiger partial charge in [-0.2, -0.15) is 0 Å². The highest BCUT2D eigenvalue weighted by Crippen LogP contribution is 2.29. The highest BCUT2D eigenvalue weighted by Gasteiger charge is 2.17. The molecule has 23 heavy (non-hydrogen) atoms. The summed E-state index contributed by atoms with van der Waals surface area (Å²) < 4.78 is 24.3. The van der Waals surface area contributed by atoms with Crippen molar-refractivity contribution in [3.8, 4) is 5.75 Å². The maximum Gasteiger partial charge on any atom is 0.417 e. The molecule has 0 spiro atoms. The molecule has 120 valence electrons. The Hall–Kier alpha value is -2.60. The van der Waals surface area contributed by atoms with Crippen molar-refractivity contribution in [1.29, 1.82) is 0 Å². The van der Waals surface area contributed by atoms with E-state index in [2.05, 4.69) is 10.2 Å². The SMILES string of the molecule is O=C(Nc1ccccc1F)Oc1ccccc1N1CCOCC1.